The second-order valence-corrected chi connectivity index (χ2v) is 5.34. The van der Waals surface area contributed by atoms with Crippen LogP contribution in [0, 0.1) is 11.7 Å². The molecule has 1 N–H and O–H groups in total. The summed E-state index contributed by atoms with van der Waals surface area (Å²) in [5.41, 5.74) is 0.349. The van der Waals surface area contributed by atoms with Gasteiger partial charge in [-0.1, -0.05) is 13.0 Å². The van der Waals surface area contributed by atoms with Gasteiger partial charge in [-0.3, -0.25) is 14.5 Å². The van der Waals surface area contributed by atoms with Crippen molar-refractivity contribution in [1.82, 2.24) is 9.80 Å². The number of piperazine rings is 1. The lowest BCUT2D eigenvalue weighted by Crippen LogP contribution is -2.50. The maximum Gasteiger partial charge on any atom is 0.307 e. The molecule has 6 heteroatoms. The van der Waals surface area contributed by atoms with E-state index in [9.17, 15) is 14.0 Å². The number of benzene rings is 1. The highest BCUT2D eigenvalue weighted by atomic mass is 19.1. The fourth-order valence-electron chi connectivity index (χ4n) is 2.40. The summed E-state index contributed by atoms with van der Waals surface area (Å²) in [6.07, 6.45) is 0. The molecule has 21 heavy (non-hydrogen) atoms. The van der Waals surface area contributed by atoms with Gasteiger partial charge in [-0.15, -0.1) is 0 Å². The summed E-state index contributed by atoms with van der Waals surface area (Å²) in [5, 5.41) is 8.90. The molecule has 0 saturated carbocycles. The first-order chi connectivity index (χ1) is 9.97. The zero-order valence-electron chi connectivity index (χ0n) is 12.0. The molecular weight excluding hydrogens is 275 g/mol. The van der Waals surface area contributed by atoms with E-state index in [1.54, 1.807) is 17.9 Å². The van der Waals surface area contributed by atoms with Crippen LogP contribution >= 0.6 is 0 Å². The second-order valence-electron chi connectivity index (χ2n) is 5.34. The van der Waals surface area contributed by atoms with Gasteiger partial charge < -0.3 is 10.0 Å². The van der Waals surface area contributed by atoms with Crippen LogP contribution in [0.25, 0.3) is 0 Å². The minimum absolute atomic E-state index is 0.180. The number of nitrogens with zero attached hydrogens (tertiary/aromatic N) is 2. The van der Waals surface area contributed by atoms with Crippen molar-refractivity contribution >= 4 is 11.9 Å². The zero-order chi connectivity index (χ0) is 15.4. The van der Waals surface area contributed by atoms with E-state index in [1.165, 1.54) is 18.2 Å². The van der Waals surface area contributed by atoms with Crippen LogP contribution in [0.1, 0.15) is 17.3 Å². The third-order valence-corrected chi connectivity index (χ3v) is 3.68. The predicted octanol–water partition coefficient (Wildman–Crippen LogP) is 1.30. The smallest absolute Gasteiger partial charge is 0.307 e. The van der Waals surface area contributed by atoms with E-state index in [4.69, 9.17) is 5.11 Å². The molecular formula is C15H19FN2O3. The Balaban J connectivity index is 1.89. The second kappa shape index (κ2) is 6.67. The highest BCUT2D eigenvalue weighted by Crippen LogP contribution is 2.11. The van der Waals surface area contributed by atoms with Crippen LogP contribution in [0.4, 0.5) is 4.39 Å². The number of carboxylic acids is 1. The largest absolute Gasteiger partial charge is 0.481 e. The van der Waals surface area contributed by atoms with E-state index < -0.39 is 17.7 Å². The standard InChI is InChI=1S/C15H19FN2O3/c1-11(15(20)21)10-17-5-7-18(8-6-17)14(19)12-3-2-4-13(16)9-12/h2-4,9,11H,5-8,10H2,1H3,(H,20,21). The van der Waals surface area contributed by atoms with Crippen molar-refractivity contribution in [2.24, 2.45) is 5.92 Å². The quantitative estimate of drug-likeness (QED) is 0.909. The highest BCUT2D eigenvalue weighted by Gasteiger charge is 2.24. The Hall–Kier alpha value is -1.95. The van der Waals surface area contributed by atoms with Crippen LogP contribution in [0.3, 0.4) is 0 Å². The molecule has 1 aromatic rings. The number of rotatable bonds is 4. The number of carbonyl (C=O) groups is 2. The third-order valence-electron chi connectivity index (χ3n) is 3.68. The number of halogens is 1. The number of hydrogen-bond donors (Lipinski definition) is 1. The van der Waals surface area contributed by atoms with Crippen molar-refractivity contribution < 1.29 is 19.1 Å². The van der Waals surface area contributed by atoms with Gasteiger partial charge in [-0.25, -0.2) is 4.39 Å². The van der Waals surface area contributed by atoms with Crippen LogP contribution in [-0.4, -0.2) is 59.5 Å². The molecule has 1 aliphatic heterocycles. The summed E-state index contributed by atoms with van der Waals surface area (Å²) in [7, 11) is 0. The average Bonchev–Trinajstić information content (AvgIpc) is 2.47. The van der Waals surface area contributed by atoms with Gasteiger partial charge in [0.15, 0.2) is 0 Å². The molecule has 0 bridgehead atoms. The molecule has 1 aliphatic rings. The predicted molar refractivity (Wildman–Crippen MR) is 75.5 cm³/mol. The SMILES string of the molecule is CC(CN1CCN(C(=O)c2cccc(F)c2)CC1)C(=O)O. The lowest BCUT2D eigenvalue weighted by Gasteiger charge is -2.35. The summed E-state index contributed by atoms with van der Waals surface area (Å²) in [6, 6.07) is 5.67. The Morgan fingerprint density at radius 3 is 2.52 bits per heavy atom. The summed E-state index contributed by atoms with van der Waals surface area (Å²) in [5.74, 6) is -1.83. The fraction of sp³-hybridized carbons (Fsp3) is 0.467. The van der Waals surface area contributed by atoms with E-state index in [1.807, 2.05) is 4.90 Å². The van der Waals surface area contributed by atoms with E-state index in [0.29, 0.717) is 38.3 Å². The fourth-order valence-corrected chi connectivity index (χ4v) is 2.40. The minimum Gasteiger partial charge on any atom is -0.481 e. The minimum atomic E-state index is -0.812. The first-order valence-electron chi connectivity index (χ1n) is 6.97. The molecule has 0 aromatic heterocycles. The van der Waals surface area contributed by atoms with E-state index in [-0.39, 0.29) is 5.91 Å². The lowest BCUT2D eigenvalue weighted by molar-refractivity contribution is -0.141. The van der Waals surface area contributed by atoms with Crippen LogP contribution in [0.2, 0.25) is 0 Å². The first kappa shape index (κ1) is 15.4. The number of hydrogen-bond acceptors (Lipinski definition) is 3. The van der Waals surface area contributed by atoms with Crippen LogP contribution in [0.15, 0.2) is 24.3 Å². The maximum absolute atomic E-state index is 13.1. The van der Waals surface area contributed by atoms with Crippen LogP contribution < -0.4 is 0 Å². The molecule has 1 saturated heterocycles. The van der Waals surface area contributed by atoms with Gasteiger partial charge in [-0.05, 0) is 18.2 Å². The third kappa shape index (κ3) is 4.01. The summed E-state index contributed by atoms with van der Waals surface area (Å²) in [6.45, 7) is 4.49. The maximum atomic E-state index is 13.1. The number of carbonyl (C=O) groups excluding carboxylic acids is 1. The van der Waals surface area contributed by atoms with Gasteiger partial charge in [0.1, 0.15) is 5.82 Å². The molecule has 1 amide bonds. The van der Waals surface area contributed by atoms with Crippen LogP contribution in [0.5, 0.6) is 0 Å². The van der Waals surface area contributed by atoms with Crippen molar-refractivity contribution in [3.8, 4) is 0 Å². The Kier molecular flexibility index (Phi) is 4.90. The van der Waals surface area contributed by atoms with Crippen molar-refractivity contribution in [3.05, 3.63) is 35.6 Å². The van der Waals surface area contributed by atoms with E-state index in [2.05, 4.69) is 0 Å². The summed E-state index contributed by atoms with van der Waals surface area (Å²) < 4.78 is 13.1. The Labute approximate surface area is 123 Å². The molecule has 1 fully saturated rings. The molecule has 1 atom stereocenters. The molecule has 1 heterocycles. The normalized spacial score (nSPS) is 17.5. The molecule has 1 unspecified atom stereocenters. The van der Waals surface area contributed by atoms with E-state index in [0.717, 1.165) is 0 Å². The summed E-state index contributed by atoms with van der Waals surface area (Å²) >= 11 is 0. The topological polar surface area (TPSA) is 60.9 Å². The lowest BCUT2D eigenvalue weighted by atomic mass is 10.1. The summed E-state index contributed by atoms with van der Waals surface area (Å²) in [4.78, 5) is 26.8. The molecule has 0 aliphatic carbocycles. The Morgan fingerprint density at radius 2 is 1.95 bits per heavy atom. The molecule has 2 rings (SSSR count). The zero-order valence-corrected chi connectivity index (χ0v) is 12.0. The van der Waals surface area contributed by atoms with Crippen molar-refractivity contribution in [1.29, 1.82) is 0 Å². The number of aliphatic carboxylic acids is 1. The number of carboxylic acid groups (broad SMARTS) is 1. The number of amides is 1. The van der Waals surface area contributed by atoms with Crippen molar-refractivity contribution in [2.45, 2.75) is 6.92 Å². The van der Waals surface area contributed by atoms with Gasteiger partial charge in [0.05, 0.1) is 5.92 Å². The first-order valence-corrected chi connectivity index (χ1v) is 6.97. The van der Waals surface area contributed by atoms with Gasteiger partial charge in [0.2, 0.25) is 0 Å². The monoisotopic (exact) mass is 294 g/mol. The molecule has 0 spiro atoms. The highest BCUT2D eigenvalue weighted by molar-refractivity contribution is 5.94. The van der Waals surface area contributed by atoms with Crippen LogP contribution in [-0.2, 0) is 4.79 Å². The van der Waals surface area contributed by atoms with Crippen molar-refractivity contribution in [2.75, 3.05) is 32.7 Å². The molecule has 5 nitrogen and oxygen atoms in total. The van der Waals surface area contributed by atoms with Gasteiger partial charge in [0, 0.05) is 38.3 Å². The Bertz CT molecular complexity index is 527. The average molecular weight is 294 g/mol. The van der Waals surface area contributed by atoms with Gasteiger partial charge in [0.25, 0.3) is 5.91 Å². The van der Waals surface area contributed by atoms with Crippen molar-refractivity contribution in [3.63, 3.8) is 0 Å². The van der Waals surface area contributed by atoms with E-state index >= 15 is 0 Å². The molecule has 0 radical (unpaired) electrons. The Morgan fingerprint density at radius 1 is 1.29 bits per heavy atom. The molecule has 1 aromatic carbocycles. The van der Waals surface area contributed by atoms with Gasteiger partial charge in [-0.2, -0.15) is 0 Å². The van der Waals surface area contributed by atoms with Gasteiger partial charge >= 0.3 is 5.97 Å². The molecule has 114 valence electrons.